The van der Waals surface area contributed by atoms with Crippen LogP contribution in [0.3, 0.4) is 0 Å². The highest BCUT2D eigenvalue weighted by molar-refractivity contribution is 6.07. The van der Waals surface area contributed by atoms with Crippen LogP contribution >= 0.6 is 0 Å². The topological polar surface area (TPSA) is 62.3 Å². The van der Waals surface area contributed by atoms with E-state index in [4.69, 9.17) is 9.47 Å². The first-order valence-corrected chi connectivity index (χ1v) is 12.6. The lowest BCUT2D eigenvalue weighted by Crippen LogP contribution is -2.58. The lowest BCUT2D eigenvalue weighted by atomic mass is 9.84. The van der Waals surface area contributed by atoms with Crippen LogP contribution in [0.4, 0.5) is 4.79 Å². The van der Waals surface area contributed by atoms with Crippen LogP contribution in [0.25, 0.3) is 0 Å². The van der Waals surface area contributed by atoms with Gasteiger partial charge >= 0.3 is 6.03 Å². The van der Waals surface area contributed by atoms with E-state index in [-0.39, 0.29) is 11.9 Å². The summed E-state index contributed by atoms with van der Waals surface area (Å²) in [6, 6.07) is 8.07. The molecule has 3 aliphatic rings. The summed E-state index contributed by atoms with van der Waals surface area (Å²) in [6.45, 7) is 3.22. The van der Waals surface area contributed by atoms with E-state index in [2.05, 4.69) is 4.90 Å². The van der Waals surface area contributed by atoms with E-state index in [1.54, 1.807) is 14.2 Å². The quantitative estimate of drug-likeness (QED) is 0.335. The number of rotatable bonds is 8. The summed E-state index contributed by atoms with van der Waals surface area (Å²) >= 11 is 0. The van der Waals surface area contributed by atoms with Crippen molar-refractivity contribution < 1.29 is 19.1 Å². The minimum atomic E-state index is -0.710. The largest absolute Gasteiger partial charge is 0.497 e. The van der Waals surface area contributed by atoms with Gasteiger partial charge in [0.15, 0.2) is 0 Å². The molecule has 1 saturated carbocycles. The van der Waals surface area contributed by atoms with Crippen molar-refractivity contribution in [2.24, 2.45) is 0 Å². The Balaban J connectivity index is 1.50. The van der Waals surface area contributed by atoms with Crippen LogP contribution in [0.15, 0.2) is 24.3 Å². The van der Waals surface area contributed by atoms with Gasteiger partial charge in [-0.1, -0.05) is 37.8 Å². The number of ether oxygens (including phenoxy) is 2. The summed E-state index contributed by atoms with van der Waals surface area (Å²) < 4.78 is 10.5. The molecule has 1 aromatic rings. The predicted molar refractivity (Wildman–Crippen MR) is 127 cm³/mol. The zero-order valence-electron chi connectivity index (χ0n) is 20.3. The van der Waals surface area contributed by atoms with Gasteiger partial charge in [0.05, 0.1) is 13.7 Å². The number of carbonyl (C=O) groups excluding carboxylic acids is 2. The van der Waals surface area contributed by atoms with Gasteiger partial charge in [-0.25, -0.2) is 4.79 Å². The zero-order valence-corrected chi connectivity index (χ0v) is 20.3. The minimum absolute atomic E-state index is 0.0266. The number of hydrogen-bond acceptors (Lipinski definition) is 5. The molecule has 0 atom stereocenters. The van der Waals surface area contributed by atoms with Crippen molar-refractivity contribution in [1.29, 1.82) is 0 Å². The van der Waals surface area contributed by atoms with Crippen LogP contribution in [0.5, 0.6) is 5.75 Å². The molecule has 0 N–H and O–H groups in total. The van der Waals surface area contributed by atoms with Gasteiger partial charge in [-0.15, -0.1) is 0 Å². The molecule has 0 unspecified atom stereocenters. The fourth-order valence-electron chi connectivity index (χ4n) is 5.88. The fourth-order valence-corrected chi connectivity index (χ4v) is 5.88. The average Bonchev–Trinajstić information content (AvgIpc) is 3.06. The highest BCUT2D eigenvalue weighted by atomic mass is 16.5. The number of urea groups is 1. The van der Waals surface area contributed by atoms with Gasteiger partial charge in [0.1, 0.15) is 11.3 Å². The molecule has 1 spiro atoms. The lowest BCUT2D eigenvalue weighted by molar-refractivity contribution is -0.136. The molecule has 3 fully saturated rings. The van der Waals surface area contributed by atoms with Gasteiger partial charge in [-0.05, 0) is 49.8 Å². The zero-order chi connectivity index (χ0) is 23.3. The van der Waals surface area contributed by atoms with E-state index < -0.39 is 5.54 Å². The molecule has 7 nitrogen and oxygen atoms in total. The van der Waals surface area contributed by atoms with Crippen LogP contribution in [0.2, 0.25) is 0 Å². The molecule has 2 aliphatic heterocycles. The molecule has 0 aromatic heterocycles. The van der Waals surface area contributed by atoms with Crippen molar-refractivity contribution >= 4 is 11.9 Å². The second-order valence-electron chi connectivity index (χ2n) is 9.73. The summed E-state index contributed by atoms with van der Waals surface area (Å²) in [5.74, 6) is 0.739. The van der Waals surface area contributed by atoms with E-state index >= 15 is 0 Å². The molecule has 2 heterocycles. The van der Waals surface area contributed by atoms with Crippen molar-refractivity contribution in [2.75, 3.05) is 40.5 Å². The maximum absolute atomic E-state index is 13.8. The molecule has 1 aromatic carbocycles. The highest BCUT2D eigenvalue weighted by Crippen LogP contribution is 2.39. The molecule has 7 heteroatoms. The summed E-state index contributed by atoms with van der Waals surface area (Å²) in [5.41, 5.74) is 0.223. The molecule has 182 valence electrons. The summed E-state index contributed by atoms with van der Waals surface area (Å²) in [6.07, 6.45) is 10.0. The summed E-state index contributed by atoms with van der Waals surface area (Å²) in [5, 5.41) is 0. The second-order valence-corrected chi connectivity index (χ2v) is 9.73. The first-order chi connectivity index (χ1) is 16.1. The van der Waals surface area contributed by atoms with Gasteiger partial charge in [0, 0.05) is 39.4 Å². The van der Waals surface area contributed by atoms with Crippen LogP contribution < -0.4 is 4.74 Å². The number of piperidine rings is 1. The normalized spacial score (nSPS) is 22.2. The fraction of sp³-hybridized carbons (Fsp3) is 0.692. The van der Waals surface area contributed by atoms with E-state index in [0.717, 1.165) is 43.7 Å². The summed E-state index contributed by atoms with van der Waals surface area (Å²) in [4.78, 5) is 33.2. The Labute approximate surface area is 198 Å². The number of imide groups is 1. The Bertz CT molecular complexity index is 796. The molecule has 0 bridgehead atoms. The molecule has 4 rings (SSSR count). The number of hydrogen-bond donors (Lipinski definition) is 0. The number of benzene rings is 1. The molecule has 3 amide bonds. The maximum Gasteiger partial charge on any atom is 0.327 e. The summed E-state index contributed by atoms with van der Waals surface area (Å²) in [7, 11) is 3.31. The van der Waals surface area contributed by atoms with Gasteiger partial charge < -0.3 is 19.3 Å². The minimum Gasteiger partial charge on any atom is -0.497 e. The number of amides is 3. The van der Waals surface area contributed by atoms with Gasteiger partial charge in [0.25, 0.3) is 5.91 Å². The number of likely N-dealkylation sites (tertiary alicyclic amines) is 1. The molecule has 0 radical (unpaired) electrons. The van der Waals surface area contributed by atoms with Crippen molar-refractivity contribution in [3.8, 4) is 5.75 Å². The lowest BCUT2D eigenvalue weighted by Gasteiger charge is -2.44. The number of methoxy groups -OCH3 is 2. The Morgan fingerprint density at radius 1 is 0.970 bits per heavy atom. The third-order valence-corrected chi connectivity index (χ3v) is 7.82. The Morgan fingerprint density at radius 3 is 2.24 bits per heavy atom. The molecular formula is C26H39N3O4. The van der Waals surface area contributed by atoms with Crippen LogP contribution in [-0.2, 0) is 16.1 Å². The standard InChI is InChI=1S/C26H39N3O4/c1-32-19-7-16-29-25(31)28(20-21-10-12-23(33-2)13-11-21)24(30)26(29)14-17-27(18-15-26)22-8-5-3-4-6-9-22/h10-13,22H,3-9,14-20H2,1-2H3. The van der Waals surface area contributed by atoms with Crippen molar-refractivity contribution in [3.05, 3.63) is 29.8 Å². The Morgan fingerprint density at radius 2 is 1.64 bits per heavy atom. The second kappa shape index (κ2) is 10.9. The molecule has 33 heavy (non-hydrogen) atoms. The Hall–Kier alpha value is -2.12. The van der Waals surface area contributed by atoms with Gasteiger partial charge in [-0.2, -0.15) is 0 Å². The first kappa shape index (κ1) is 24.0. The molecular weight excluding hydrogens is 418 g/mol. The maximum atomic E-state index is 13.8. The van der Waals surface area contributed by atoms with E-state index in [9.17, 15) is 9.59 Å². The third kappa shape index (κ3) is 5.04. The van der Waals surface area contributed by atoms with Crippen LogP contribution in [0, 0.1) is 0 Å². The average molecular weight is 458 g/mol. The number of nitrogens with zero attached hydrogens (tertiary/aromatic N) is 3. The molecule has 2 saturated heterocycles. The van der Waals surface area contributed by atoms with Crippen molar-refractivity contribution in [1.82, 2.24) is 14.7 Å². The van der Waals surface area contributed by atoms with Crippen molar-refractivity contribution in [2.45, 2.75) is 75.9 Å². The number of carbonyl (C=O) groups is 2. The SMILES string of the molecule is COCCCN1C(=O)N(Cc2ccc(OC)cc2)C(=O)C12CCN(C1CCCCCC1)CC2. The predicted octanol–water partition coefficient (Wildman–Crippen LogP) is 4.05. The van der Waals surface area contributed by atoms with E-state index in [0.29, 0.717) is 25.7 Å². The van der Waals surface area contributed by atoms with Gasteiger partial charge in [0.2, 0.25) is 0 Å². The smallest absolute Gasteiger partial charge is 0.327 e. The highest BCUT2D eigenvalue weighted by Gasteiger charge is 2.57. The van der Waals surface area contributed by atoms with Crippen LogP contribution in [0.1, 0.15) is 63.4 Å². The first-order valence-electron chi connectivity index (χ1n) is 12.6. The van der Waals surface area contributed by atoms with Gasteiger partial charge in [-0.3, -0.25) is 9.69 Å². The monoisotopic (exact) mass is 457 g/mol. The third-order valence-electron chi connectivity index (χ3n) is 7.82. The molecule has 1 aliphatic carbocycles. The van der Waals surface area contributed by atoms with Crippen LogP contribution in [-0.4, -0.2) is 78.7 Å². The Kier molecular flexibility index (Phi) is 7.91. The van der Waals surface area contributed by atoms with E-state index in [1.165, 1.54) is 43.4 Å². The van der Waals surface area contributed by atoms with E-state index in [1.807, 2.05) is 29.2 Å². The van der Waals surface area contributed by atoms with Crippen molar-refractivity contribution in [3.63, 3.8) is 0 Å².